The summed E-state index contributed by atoms with van der Waals surface area (Å²) in [6, 6.07) is 3.03. The Bertz CT molecular complexity index is 1500. The Labute approximate surface area is 210 Å². The van der Waals surface area contributed by atoms with E-state index in [1.807, 2.05) is 0 Å². The number of amides is 1. The second-order valence-electron chi connectivity index (χ2n) is 9.50. The third kappa shape index (κ3) is 4.15. The van der Waals surface area contributed by atoms with Crippen LogP contribution in [0.3, 0.4) is 0 Å². The molecule has 2 aliphatic rings. The number of ether oxygens (including phenoxy) is 1. The number of benzene rings is 1. The lowest BCUT2D eigenvalue weighted by atomic mass is 10.0. The van der Waals surface area contributed by atoms with E-state index in [0.29, 0.717) is 46.0 Å². The Morgan fingerprint density at radius 3 is 2.76 bits per heavy atom. The lowest BCUT2D eigenvalue weighted by Crippen LogP contribution is -2.30. The summed E-state index contributed by atoms with van der Waals surface area (Å²) in [6.45, 7) is 1.40. The van der Waals surface area contributed by atoms with Crippen LogP contribution in [0.25, 0.3) is 21.9 Å². The van der Waals surface area contributed by atoms with Crippen LogP contribution in [0, 0.1) is 11.2 Å². The smallest absolute Gasteiger partial charge is 0.326 e. The molecular formula is C24H26FN9O3. The molecule has 1 saturated heterocycles. The molecule has 192 valence electrons. The Hall–Kier alpha value is -4.10. The molecule has 1 aliphatic heterocycles. The molecule has 1 spiro atoms. The first kappa shape index (κ1) is 23.3. The molecule has 12 nitrogen and oxygen atoms in total. The number of nitrogens with two attached hydrogens (primary N) is 1. The SMILES string of the molecule is CNc1cc(F)cc2c1[nH]c1nc(Oc3cnc(CC(=O)NOC)nc3)nc(N3C[C@H](N)C4(CC4)C3)c12. The van der Waals surface area contributed by atoms with Crippen LogP contribution in [0.2, 0.25) is 0 Å². The highest BCUT2D eigenvalue weighted by molar-refractivity contribution is 6.14. The number of halogens is 1. The molecule has 4 heterocycles. The van der Waals surface area contributed by atoms with Crippen LogP contribution in [0.15, 0.2) is 24.5 Å². The summed E-state index contributed by atoms with van der Waals surface area (Å²) in [5.74, 6) is 0.500. The molecule has 5 N–H and O–H groups in total. The Morgan fingerprint density at radius 1 is 1.30 bits per heavy atom. The number of aromatic nitrogens is 5. The maximum absolute atomic E-state index is 14.5. The van der Waals surface area contributed by atoms with Gasteiger partial charge in [0.15, 0.2) is 5.75 Å². The summed E-state index contributed by atoms with van der Waals surface area (Å²) >= 11 is 0. The maximum Gasteiger partial charge on any atom is 0.326 e. The van der Waals surface area contributed by atoms with E-state index in [1.54, 1.807) is 7.05 Å². The Balaban J connectivity index is 1.40. The summed E-state index contributed by atoms with van der Waals surface area (Å²) in [5.41, 5.74) is 10.6. The van der Waals surface area contributed by atoms with Crippen LogP contribution in [0.4, 0.5) is 15.9 Å². The molecule has 0 bridgehead atoms. The third-order valence-corrected chi connectivity index (χ3v) is 7.08. The molecule has 1 atom stereocenters. The van der Waals surface area contributed by atoms with Gasteiger partial charge in [0.2, 0.25) is 0 Å². The topological polar surface area (TPSA) is 156 Å². The van der Waals surface area contributed by atoms with Gasteiger partial charge in [-0.2, -0.15) is 9.97 Å². The number of carbonyl (C=O) groups is 1. The van der Waals surface area contributed by atoms with Gasteiger partial charge < -0.3 is 25.7 Å². The van der Waals surface area contributed by atoms with E-state index in [-0.39, 0.29) is 35.6 Å². The molecule has 1 amide bonds. The van der Waals surface area contributed by atoms with Gasteiger partial charge >= 0.3 is 6.01 Å². The number of rotatable bonds is 7. The highest BCUT2D eigenvalue weighted by Gasteiger charge is 2.54. The van der Waals surface area contributed by atoms with Crippen molar-refractivity contribution in [2.45, 2.75) is 25.3 Å². The Kier molecular flexibility index (Phi) is 5.53. The first-order chi connectivity index (χ1) is 17.9. The maximum atomic E-state index is 14.5. The van der Waals surface area contributed by atoms with Crippen LogP contribution in [-0.2, 0) is 16.1 Å². The van der Waals surface area contributed by atoms with Gasteiger partial charge in [-0.05, 0) is 25.0 Å². The molecule has 2 fully saturated rings. The highest BCUT2D eigenvalue weighted by atomic mass is 19.1. The van der Waals surface area contributed by atoms with Gasteiger partial charge in [-0.3, -0.25) is 9.63 Å². The van der Waals surface area contributed by atoms with Crippen molar-refractivity contribution in [2.75, 3.05) is 37.5 Å². The number of fused-ring (bicyclic) bond motifs is 3. The normalized spacial score (nSPS) is 18.1. The molecule has 6 rings (SSSR count). The molecule has 4 aromatic rings. The van der Waals surface area contributed by atoms with Crippen molar-refractivity contribution in [1.29, 1.82) is 0 Å². The fraction of sp³-hybridized carbons (Fsp3) is 0.375. The number of hydroxylamine groups is 1. The predicted octanol–water partition coefficient (Wildman–Crippen LogP) is 2.02. The van der Waals surface area contributed by atoms with Crippen molar-refractivity contribution >= 4 is 39.3 Å². The summed E-state index contributed by atoms with van der Waals surface area (Å²) in [6.07, 6.45) is 5.01. The average Bonchev–Trinajstić information content (AvgIpc) is 3.46. The first-order valence-electron chi connectivity index (χ1n) is 11.9. The zero-order valence-electron chi connectivity index (χ0n) is 20.3. The van der Waals surface area contributed by atoms with Crippen molar-refractivity contribution in [1.82, 2.24) is 30.4 Å². The predicted molar refractivity (Wildman–Crippen MR) is 134 cm³/mol. The first-order valence-corrected chi connectivity index (χ1v) is 11.9. The molecule has 0 unspecified atom stereocenters. The number of aromatic amines is 1. The molecule has 1 saturated carbocycles. The highest BCUT2D eigenvalue weighted by Crippen LogP contribution is 2.53. The van der Waals surface area contributed by atoms with Crippen LogP contribution < -0.4 is 26.2 Å². The van der Waals surface area contributed by atoms with E-state index in [9.17, 15) is 9.18 Å². The van der Waals surface area contributed by atoms with Crippen LogP contribution in [0.5, 0.6) is 11.8 Å². The molecule has 13 heteroatoms. The van der Waals surface area contributed by atoms with Crippen LogP contribution in [0.1, 0.15) is 18.7 Å². The van der Waals surface area contributed by atoms with E-state index < -0.39 is 0 Å². The largest absolute Gasteiger partial charge is 0.421 e. The van der Waals surface area contributed by atoms with Gasteiger partial charge in [0.1, 0.15) is 23.1 Å². The van der Waals surface area contributed by atoms with Crippen molar-refractivity contribution in [3.05, 3.63) is 36.2 Å². The van der Waals surface area contributed by atoms with E-state index in [4.69, 9.17) is 15.5 Å². The minimum atomic E-state index is -0.372. The number of hydrogen-bond donors (Lipinski definition) is 4. The number of nitrogens with one attached hydrogen (secondary N) is 3. The zero-order valence-corrected chi connectivity index (χ0v) is 20.3. The third-order valence-electron chi connectivity index (χ3n) is 7.08. The zero-order chi connectivity index (χ0) is 25.7. The van der Waals surface area contributed by atoms with E-state index in [0.717, 1.165) is 24.9 Å². The van der Waals surface area contributed by atoms with Gasteiger partial charge in [-0.25, -0.2) is 19.8 Å². The second kappa shape index (κ2) is 8.78. The molecule has 1 aliphatic carbocycles. The number of carbonyl (C=O) groups excluding carboxylic acids is 1. The monoisotopic (exact) mass is 507 g/mol. The van der Waals surface area contributed by atoms with Gasteiger partial charge in [0.05, 0.1) is 42.5 Å². The van der Waals surface area contributed by atoms with Crippen molar-refractivity contribution < 1.29 is 18.8 Å². The molecule has 0 radical (unpaired) electrons. The minimum Gasteiger partial charge on any atom is -0.421 e. The summed E-state index contributed by atoms with van der Waals surface area (Å²) in [7, 11) is 3.09. The molecular weight excluding hydrogens is 481 g/mol. The van der Waals surface area contributed by atoms with E-state index in [2.05, 4.69) is 40.5 Å². The average molecular weight is 508 g/mol. The van der Waals surface area contributed by atoms with E-state index in [1.165, 1.54) is 31.6 Å². The fourth-order valence-electron chi connectivity index (χ4n) is 5.03. The summed E-state index contributed by atoms with van der Waals surface area (Å²) in [5, 5.41) is 4.42. The van der Waals surface area contributed by atoms with Crippen molar-refractivity contribution in [2.24, 2.45) is 11.1 Å². The number of nitrogens with zero attached hydrogens (tertiary/aromatic N) is 5. The van der Waals surface area contributed by atoms with Gasteiger partial charge in [0.25, 0.3) is 5.91 Å². The summed E-state index contributed by atoms with van der Waals surface area (Å²) in [4.78, 5) is 39.4. The molecule has 3 aromatic heterocycles. The lowest BCUT2D eigenvalue weighted by molar-refractivity contribution is -0.130. The Morgan fingerprint density at radius 2 is 2.08 bits per heavy atom. The summed E-state index contributed by atoms with van der Waals surface area (Å²) < 4.78 is 20.4. The van der Waals surface area contributed by atoms with Crippen molar-refractivity contribution in [3.8, 4) is 11.8 Å². The minimum absolute atomic E-state index is 0.0351. The second-order valence-corrected chi connectivity index (χ2v) is 9.50. The van der Waals surface area contributed by atoms with Gasteiger partial charge in [-0.1, -0.05) is 0 Å². The van der Waals surface area contributed by atoms with Gasteiger partial charge in [-0.15, -0.1) is 0 Å². The standard InChI is InChI=1S/C24H26FN9O3/c1-27-15-6-12(25)5-14-19-21(30-20(14)15)31-23(32-22(19)34-10-16(26)24(11-34)3-4-24)37-13-8-28-17(29-9-13)7-18(35)33-36-2/h5-6,8-9,16,27H,3-4,7,10-11,26H2,1-2H3,(H,33,35)(H,30,31,32)/t16-/m0/s1. The lowest BCUT2D eigenvalue weighted by Gasteiger charge is -2.19. The van der Waals surface area contributed by atoms with Crippen molar-refractivity contribution in [3.63, 3.8) is 0 Å². The fourth-order valence-corrected chi connectivity index (χ4v) is 5.03. The van der Waals surface area contributed by atoms with Crippen LogP contribution >= 0.6 is 0 Å². The van der Waals surface area contributed by atoms with Gasteiger partial charge in [0, 0.05) is 37.0 Å². The van der Waals surface area contributed by atoms with Crippen LogP contribution in [-0.4, -0.2) is 64.1 Å². The number of hydrogen-bond acceptors (Lipinski definition) is 10. The quantitative estimate of drug-likeness (QED) is 0.273. The van der Waals surface area contributed by atoms with E-state index >= 15 is 0 Å². The molecule has 1 aromatic carbocycles. The molecule has 37 heavy (non-hydrogen) atoms. The number of anilines is 2. The number of H-pyrrole nitrogens is 1.